The van der Waals surface area contributed by atoms with Crippen LogP contribution >= 0.6 is 0 Å². The van der Waals surface area contributed by atoms with E-state index in [1.807, 2.05) is 30.3 Å². The minimum Gasteiger partial charge on any atom is -0.361 e. The summed E-state index contributed by atoms with van der Waals surface area (Å²) in [5.41, 5.74) is 3.51. The van der Waals surface area contributed by atoms with Crippen LogP contribution < -0.4 is 0 Å². The molecule has 0 bridgehead atoms. The Morgan fingerprint density at radius 1 is 1.04 bits per heavy atom. The number of likely N-dealkylation sites (tertiary alicyclic amines) is 1. The summed E-state index contributed by atoms with van der Waals surface area (Å²) in [6.45, 7) is 3.15. The summed E-state index contributed by atoms with van der Waals surface area (Å²) in [6, 6.07) is 18.3. The quantitative estimate of drug-likeness (QED) is 0.471. The molecule has 1 unspecified atom stereocenters. The number of hydrogen-bond acceptors (Lipinski definition) is 2. The van der Waals surface area contributed by atoms with Crippen molar-refractivity contribution in [2.75, 3.05) is 19.6 Å². The van der Waals surface area contributed by atoms with E-state index in [1.54, 1.807) is 0 Å². The van der Waals surface area contributed by atoms with E-state index in [1.165, 1.54) is 29.3 Å². The van der Waals surface area contributed by atoms with Crippen LogP contribution in [0.25, 0.3) is 10.9 Å². The third kappa shape index (κ3) is 4.30. The first-order valence-corrected chi connectivity index (χ1v) is 10.2. The Hall–Kier alpha value is -2.39. The molecule has 1 saturated heterocycles. The fourth-order valence-electron chi connectivity index (χ4n) is 4.30. The van der Waals surface area contributed by atoms with Crippen LogP contribution in [-0.2, 0) is 6.42 Å². The molecule has 3 aromatic rings. The topological polar surface area (TPSA) is 36.1 Å². The lowest BCUT2D eigenvalue weighted by molar-refractivity contribution is 0.0818. The van der Waals surface area contributed by atoms with Gasteiger partial charge in [-0.25, -0.2) is 0 Å². The van der Waals surface area contributed by atoms with Crippen molar-refractivity contribution >= 4 is 16.7 Å². The van der Waals surface area contributed by atoms with Gasteiger partial charge in [-0.1, -0.05) is 48.5 Å². The van der Waals surface area contributed by atoms with Crippen LogP contribution in [0.15, 0.2) is 60.8 Å². The normalized spacial score (nSPS) is 18.0. The number of para-hydroxylation sites is 1. The molecule has 2 aromatic carbocycles. The largest absolute Gasteiger partial charge is 0.361 e. The van der Waals surface area contributed by atoms with Gasteiger partial charge < -0.3 is 9.88 Å². The van der Waals surface area contributed by atoms with Gasteiger partial charge in [-0.3, -0.25) is 4.79 Å². The van der Waals surface area contributed by atoms with Crippen molar-refractivity contribution in [2.45, 2.75) is 32.1 Å². The average molecular weight is 361 g/mol. The molecule has 0 radical (unpaired) electrons. The lowest BCUT2D eigenvalue weighted by atomic mass is 9.90. The molecule has 1 fully saturated rings. The predicted molar refractivity (Wildman–Crippen MR) is 111 cm³/mol. The van der Waals surface area contributed by atoms with Crippen LogP contribution in [0, 0.1) is 5.92 Å². The monoisotopic (exact) mass is 360 g/mol. The number of piperidine rings is 1. The molecule has 1 aromatic heterocycles. The number of ketones is 1. The predicted octanol–water partition coefficient (Wildman–Crippen LogP) is 5.09. The first kappa shape index (κ1) is 18.0. The van der Waals surface area contributed by atoms with Crippen LogP contribution in [0.3, 0.4) is 0 Å². The van der Waals surface area contributed by atoms with E-state index in [4.69, 9.17) is 0 Å². The maximum absolute atomic E-state index is 12.7. The van der Waals surface area contributed by atoms with Gasteiger partial charge in [0.15, 0.2) is 5.78 Å². The number of aromatic amines is 1. The van der Waals surface area contributed by atoms with Crippen LogP contribution in [0.1, 0.15) is 41.6 Å². The number of hydrogen-bond donors (Lipinski definition) is 1. The Balaban J connectivity index is 1.25. The third-order valence-corrected chi connectivity index (χ3v) is 5.78. The van der Waals surface area contributed by atoms with Crippen LogP contribution in [0.2, 0.25) is 0 Å². The van der Waals surface area contributed by atoms with Crippen molar-refractivity contribution in [1.82, 2.24) is 9.88 Å². The molecule has 0 spiro atoms. The highest BCUT2D eigenvalue weighted by molar-refractivity contribution is 5.98. The molecule has 140 valence electrons. The molecular weight excluding hydrogens is 332 g/mol. The zero-order valence-electron chi connectivity index (χ0n) is 15.9. The molecule has 1 aliphatic heterocycles. The van der Waals surface area contributed by atoms with Crippen molar-refractivity contribution in [3.8, 4) is 0 Å². The van der Waals surface area contributed by atoms with Gasteiger partial charge in [0.05, 0.1) is 0 Å². The van der Waals surface area contributed by atoms with Crippen LogP contribution in [0.4, 0.5) is 0 Å². The molecular formula is C24H28N2O. The van der Waals surface area contributed by atoms with E-state index in [-0.39, 0.29) is 5.92 Å². The highest BCUT2D eigenvalue weighted by Gasteiger charge is 2.26. The Labute approximate surface area is 161 Å². The number of aromatic nitrogens is 1. The SMILES string of the molecule is O=C(c1ccccc1)C1CCCN(CCCCc2c[nH]c3ccccc23)C1. The summed E-state index contributed by atoms with van der Waals surface area (Å²) >= 11 is 0. The Morgan fingerprint density at radius 3 is 2.74 bits per heavy atom. The first-order chi connectivity index (χ1) is 13.3. The zero-order chi connectivity index (χ0) is 18.5. The molecule has 3 nitrogen and oxygen atoms in total. The number of Topliss-reactive ketones (excluding diaryl/α,β-unsaturated/α-hetero) is 1. The smallest absolute Gasteiger partial charge is 0.167 e. The van der Waals surface area contributed by atoms with Crippen LogP contribution in [-0.4, -0.2) is 35.3 Å². The van der Waals surface area contributed by atoms with Gasteiger partial charge in [0.25, 0.3) is 0 Å². The van der Waals surface area contributed by atoms with Gasteiger partial charge in [-0.05, 0) is 56.8 Å². The summed E-state index contributed by atoms with van der Waals surface area (Å²) < 4.78 is 0. The lowest BCUT2D eigenvalue weighted by Crippen LogP contribution is -2.39. The number of H-pyrrole nitrogens is 1. The summed E-state index contributed by atoms with van der Waals surface area (Å²) in [5, 5.41) is 1.35. The molecule has 0 aliphatic carbocycles. The van der Waals surface area contributed by atoms with E-state index in [0.29, 0.717) is 5.78 Å². The van der Waals surface area contributed by atoms with Crippen molar-refractivity contribution in [2.24, 2.45) is 5.92 Å². The standard InChI is InChI=1S/C24H28N2O/c27-24(19-9-2-1-3-10-19)21-12-8-16-26(18-21)15-7-6-11-20-17-25-23-14-5-4-13-22(20)23/h1-5,9-10,13-14,17,21,25H,6-8,11-12,15-16,18H2. The highest BCUT2D eigenvalue weighted by Crippen LogP contribution is 2.22. The Kier molecular flexibility index (Phi) is 5.69. The molecule has 3 heteroatoms. The highest BCUT2D eigenvalue weighted by atomic mass is 16.1. The molecule has 2 heterocycles. The van der Waals surface area contributed by atoms with Gasteiger partial charge in [0, 0.05) is 35.1 Å². The molecule has 1 atom stereocenters. The fraction of sp³-hybridized carbons (Fsp3) is 0.375. The molecule has 0 amide bonds. The van der Waals surface area contributed by atoms with Gasteiger partial charge in [-0.2, -0.15) is 0 Å². The second kappa shape index (κ2) is 8.53. The second-order valence-electron chi connectivity index (χ2n) is 7.69. The van der Waals surface area contributed by atoms with E-state index in [0.717, 1.165) is 44.5 Å². The van der Waals surface area contributed by atoms with E-state index < -0.39 is 0 Å². The van der Waals surface area contributed by atoms with Gasteiger partial charge in [0.2, 0.25) is 0 Å². The lowest BCUT2D eigenvalue weighted by Gasteiger charge is -2.32. The molecule has 4 rings (SSSR count). The van der Waals surface area contributed by atoms with E-state index in [9.17, 15) is 4.79 Å². The number of nitrogens with zero attached hydrogens (tertiary/aromatic N) is 1. The Bertz CT molecular complexity index is 884. The van der Waals surface area contributed by atoms with Crippen molar-refractivity contribution in [3.05, 3.63) is 71.9 Å². The third-order valence-electron chi connectivity index (χ3n) is 5.78. The molecule has 1 N–H and O–H groups in total. The van der Waals surface area contributed by atoms with Crippen molar-refractivity contribution < 1.29 is 4.79 Å². The number of carbonyl (C=O) groups is 1. The number of rotatable bonds is 7. The second-order valence-corrected chi connectivity index (χ2v) is 7.69. The van der Waals surface area contributed by atoms with Gasteiger partial charge in [-0.15, -0.1) is 0 Å². The minimum atomic E-state index is 0.162. The molecule has 1 aliphatic rings. The van der Waals surface area contributed by atoms with Crippen molar-refractivity contribution in [3.63, 3.8) is 0 Å². The number of benzene rings is 2. The summed E-state index contributed by atoms with van der Waals surface area (Å²) in [5.74, 6) is 0.480. The summed E-state index contributed by atoms with van der Waals surface area (Å²) in [4.78, 5) is 18.6. The summed E-state index contributed by atoms with van der Waals surface area (Å²) in [6.07, 6.45) is 7.80. The average Bonchev–Trinajstić information content (AvgIpc) is 3.15. The minimum absolute atomic E-state index is 0.162. The van der Waals surface area contributed by atoms with Crippen molar-refractivity contribution in [1.29, 1.82) is 0 Å². The van der Waals surface area contributed by atoms with E-state index >= 15 is 0 Å². The molecule has 27 heavy (non-hydrogen) atoms. The molecule has 0 saturated carbocycles. The first-order valence-electron chi connectivity index (χ1n) is 10.2. The van der Waals surface area contributed by atoms with E-state index in [2.05, 4.69) is 40.3 Å². The van der Waals surface area contributed by atoms with Crippen LogP contribution in [0.5, 0.6) is 0 Å². The number of fused-ring (bicyclic) bond motifs is 1. The maximum atomic E-state index is 12.7. The number of unbranched alkanes of at least 4 members (excludes halogenated alkanes) is 1. The fourth-order valence-corrected chi connectivity index (χ4v) is 4.30. The summed E-state index contributed by atoms with van der Waals surface area (Å²) in [7, 11) is 0. The van der Waals surface area contributed by atoms with Gasteiger partial charge in [0.1, 0.15) is 0 Å². The number of carbonyl (C=O) groups excluding carboxylic acids is 1. The zero-order valence-corrected chi connectivity index (χ0v) is 15.9. The maximum Gasteiger partial charge on any atom is 0.167 e. The van der Waals surface area contributed by atoms with Gasteiger partial charge >= 0.3 is 0 Å². The number of aryl methyl sites for hydroxylation is 1. The Morgan fingerprint density at radius 2 is 1.85 bits per heavy atom. The number of nitrogens with one attached hydrogen (secondary N) is 1.